The van der Waals surface area contributed by atoms with Crippen molar-refractivity contribution in [3.8, 4) is 0 Å². The number of amides is 1. The Labute approximate surface area is 120 Å². The van der Waals surface area contributed by atoms with Gasteiger partial charge in [-0.1, -0.05) is 0 Å². The minimum Gasteiger partial charge on any atom is -0.478 e. The third kappa shape index (κ3) is 5.13. The fraction of sp³-hybridized carbons (Fsp3) is 0.500. The fourth-order valence-electron chi connectivity index (χ4n) is 1.38. The molecule has 0 saturated heterocycles. The second-order valence-electron chi connectivity index (χ2n) is 3.91. The number of nitrogens with zero attached hydrogens (tertiary/aromatic N) is 1. The lowest BCUT2D eigenvalue weighted by Gasteiger charge is -2.06. The van der Waals surface area contributed by atoms with Crippen molar-refractivity contribution in [2.45, 2.75) is 11.4 Å². The van der Waals surface area contributed by atoms with Gasteiger partial charge in [-0.3, -0.25) is 9.89 Å². The van der Waals surface area contributed by atoms with Gasteiger partial charge in [-0.05, 0) is 0 Å². The summed E-state index contributed by atoms with van der Waals surface area (Å²) < 4.78 is 30.6. The summed E-state index contributed by atoms with van der Waals surface area (Å²) in [5.74, 6) is -1.76. The zero-order valence-corrected chi connectivity index (χ0v) is 12.1. The van der Waals surface area contributed by atoms with Gasteiger partial charge in [-0.25, -0.2) is 17.9 Å². The van der Waals surface area contributed by atoms with E-state index in [-0.39, 0.29) is 18.9 Å². The summed E-state index contributed by atoms with van der Waals surface area (Å²) >= 11 is 0. The zero-order chi connectivity index (χ0) is 15.9. The Hall–Kier alpha value is -1.98. The third-order valence-corrected chi connectivity index (χ3v) is 3.81. The molecule has 1 aromatic heterocycles. The predicted octanol–water partition coefficient (Wildman–Crippen LogP) is -1.46. The molecule has 1 heterocycles. The molecule has 0 saturated carbocycles. The standard InChI is InChI=1S/C10H16N4O6S/c1-20-5-4-11-8(15)2-3-13-21(18,19)9-7(10(16)17)6-12-14-9/h6,13H,2-5H2,1H3,(H,11,15)(H,12,14)(H,16,17). The van der Waals surface area contributed by atoms with Gasteiger partial charge in [0, 0.05) is 26.6 Å². The Kier molecular flexibility index (Phi) is 6.27. The third-order valence-electron chi connectivity index (χ3n) is 2.38. The number of methoxy groups -OCH3 is 1. The van der Waals surface area contributed by atoms with Crippen LogP contribution in [0, 0.1) is 0 Å². The Morgan fingerprint density at radius 2 is 2.14 bits per heavy atom. The van der Waals surface area contributed by atoms with Gasteiger partial charge < -0.3 is 15.2 Å². The normalized spacial score (nSPS) is 11.3. The van der Waals surface area contributed by atoms with Crippen LogP contribution >= 0.6 is 0 Å². The molecule has 0 atom stereocenters. The number of rotatable bonds is 9. The van der Waals surface area contributed by atoms with Crippen molar-refractivity contribution in [3.63, 3.8) is 0 Å². The number of aromatic nitrogens is 2. The van der Waals surface area contributed by atoms with Crippen LogP contribution in [-0.4, -0.2) is 62.4 Å². The van der Waals surface area contributed by atoms with Crippen molar-refractivity contribution in [2.75, 3.05) is 26.8 Å². The van der Waals surface area contributed by atoms with Gasteiger partial charge in [-0.2, -0.15) is 5.10 Å². The number of aromatic amines is 1. The summed E-state index contributed by atoms with van der Waals surface area (Å²) in [5, 5.41) is 16.3. The number of carbonyl (C=O) groups is 2. The lowest BCUT2D eigenvalue weighted by Crippen LogP contribution is -2.32. The number of nitrogens with one attached hydrogen (secondary N) is 3. The predicted molar refractivity (Wildman–Crippen MR) is 70.2 cm³/mol. The number of aromatic carboxylic acids is 1. The summed E-state index contributed by atoms with van der Waals surface area (Å²) in [6.45, 7) is 0.513. The van der Waals surface area contributed by atoms with Crippen LogP contribution in [0.5, 0.6) is 0 Å². The number of hydrogen-bond donors (Lipinski definition) is 4. The Morgan fingerprint density at radius 3 is 2.76 bits per heavy atom. The van der Waals surface area contributed by atoms with Crippen LogP contribution in [-0.2, 0) is 19.6 Å². The van der Waals surface area contributed by atoms with Crippen LogP contribution < -0.4 is 10.0 Å². The van der Waals surface area contributed by atoms with Crippen LogP contribution in [0.25, 0.3) is 0 Å². The number of H-pyrrole nitrogens is 1. The van der Waals surface area contributed by atoms with E-state index in [0.29, 0.717) is 13.2 Å². The molecule has 10 nitrogen and oxygen atoms in total. The van der Waals surface area contributed by atoms with Crippen molar-refractivity contribution in [3.05, 3.63) is 11.8 Å². The smallest absolute Gasteiger partial charge is 0.340 e. The van der Waals surface area contributed by atoms with Crippen molar-refractivity contribution in [1.82, 2.24) is 20.2 Å². The van der Waals surface area contributed by atoms with Crippen molar-refractivity contribution in [1.29, 1.82) is 0 Å². The number of hydrogen-bond acceptors (Lipinski definition) is 6. The van der Waals surface area contributed by atoms with E-state index in [0.717, 1.165) is 6.20 Å². The lowest BCUT2D eigenvalue weighted by atomic mass is 10.4. The van der Waals surface area contributed by atoms with Gasteiger partial charge in [0.15, 0.2) is 5.03 Å². The first-order valence-electron chi connectivity index (χ1n) is 5.90. The fourth-order valence-corrected chi connectivity index (χ4v) is 2.50. The first-order valence-corrected chi connectivity index (χ1v) is 7.38. The van der Waals surface area contributed by atoms with Crippen molar-refractivity contribution >= 4 is 21.9 Å². The van der Waals surface area contributed by atoms with E-state index in [4.69, 9.17) is 9.84 Å². The van der Waals surface area contributed by atoms with Crippen LogP contribution in [0.3, 0.4) is 0 Å². The Balaban J connectivity index is 2.52. The highest BCUT2D eigenvalue weighted by Gasteiger charge is 2.24. The second-order valence-corrected chi connectivity index (χ2v) is 5.61. The van der Waals surface area contributed by atoms with Gasteiger partial charge in [0.25, 0.3) is 10.0 Å². The topological polar surface area (TPSA) is 150 Å². The quantitative estimate of drug-likeness (QED) is 0.406. The van der Waals surface area contributed by atoms with E-state index in [1.807, 2.05) is 0 Å². The van der Waals surface area contributed by atoms with Crippen LogP contribution in [0.15, 0.2) is 11.2 Å². The zero-order valence-electron chi connectivity index (χ0n) is 11.2. The van der Waals surface area contributed by atoms with Crippen molar-refractivity contribution < 1.29 is 27.9 Å². The molecule has 0 aromatic carbocycles. The molecule has 1 amide bonds. The molecule has 0 unspecified atom stereocenters. The molecule has 0 fully saturated rings. The summed E-state index contributed by atoms with van der Waals surface area (Å²) in [5.41, 5.74) is -0.466. The van der Waals surface area contributed by atoms with E-state index < -0.39 is 26.6 Å². The van der Waals surface area contributed by atoms with Gasteiger partial charge in [0.1, 0.15) is 5.56 Å². The molecule has 0 bridgehead atoms. The second kappa shape index (κ2) is 7.71. The number of sulfonamides is 1. The monoisotopic (exact) mass is 320 g/mol. The van der Waals surface area contributed by atoms with E-state index in [9.17, 15) is 18.0 Å². The number of ether oxygens (including phenoxy) is 1. The molecule has 118 valence electrons. The molecule has 0 aliphatic rings. The maximum absolute atomic E-state index is 11.9. The number of carboxylic acids is 1. The summed E-state index contributed by atoms with van der Waals surface area (Å²) in [6, 6.07) is 0. The Bertz CT molecular complexity index is 596. The minimum absolute atomic E-state index is 0.0838. The summed E-state index contributed by atoms with van der Waals surface area (Å²) in [7, 11) is -2.58. The average molecular weight is 320 g/mol. The molecule has 1 aromatic rings. The summed E-state index contributed by atoms with van der Waals surface area (Å²) in [4.78, 5) is 22.2. The molecule has 0 radical (unpaired) electrons. The average Bonchev–Trinajstić information content (AvgIpc) is 2.89. The first kappa shape index (κ1) is 17.1. The van der Waals surface area contributed by atoms with Gasteiger partial charge in [0.05, 0.1) is 12.8 Å². The molecule has 0 spiro atoms. The van der Waals surface area contributed by atoms with E-state index in [2.05, 4.69) is 20.2 Å². The largest absolute Gasteiger partial charge is 0.478 e. The summed E-state index contributed by atoms with van der Waals surface area (Å²) in [6.07, 6.45) is 0.813. The Morgan fingerprint density at radius 1 is 1.43 bits per heavy atom. The molecule has 11 heteroatoms. The highest BCUT2D eigenvalue weighted by Crippen LogP contribution is 2.11. The molecule has 4 N–H and O–H groups in total. The molecule has 0 aliphatic carbocycles. The van der Waals surface area contributed by atoms with E-state index in [1.54, 1.807) is 0 Å². The molecule has 21 heavy (non-hydrogen) atoms. The van der Waals surface area contributed by atoms with Crippen LogP contribution in [0.2, 0.25) is 0 Å². The van der Waals surface area contributed by atoms with E-state index in [1.165, 1.54) is 7.11 Å². The van der Waals surface area contributed by atoms with Gasteiger partial charge in [0.2, 0.25) is 5.91 Å². The highest BCUT2D eigenvalue weighted by molar-refractivity contribution is 7.89. The molecule has 0 aliphatic heterocycles. The minimum atomic E-state index is -4.07. The van der Waals surface area contributed by atoms with Crippen molar-refractivity contribution in [2.24, 2.45) is 0 Å². The van der Waals surface area contributed by atoms with Crippen LogP contribution in [0.4, 0.5) is 0 Å². The van der Waals surface area contributed by atoms with Gasteiger partial charge in [-0.15, -0.1) is 0 Å². The van der Waals surface area contributed by atoms with Crippen LogP contribution in [0.1, 0.15) is 16.8 Å². The van der Waals surface area contributed by atoms with E-state index >= 15 is 0 Å². The number of carbonyl (C=O) groups excluding carboxylic acids is 1. The highest BCUT2D eigenvalue weighted by atomic mass is 32.2. The molecular formula is C10H16N4O6S. The van der Waals surface area contributed by atoms with Gasteiger partial charge >= 0.3 is 5.97 Å². The SMILES string of the molecule is COCCNC(=O)CCNS(=O)(=O)c1[nH]ncc1C(=O)O. The maximum atomic E-state index is 11.9. The first-order chi connectivity index (χ1) is 9.88. The lowest BCUT2D eigenvalue weighted by molar-refractivity contribution is -0.121. The number of carboxylic acid groups (broad SMARTS) is 1. The molecular weight excluding hydrogens is 304 g/mol. The molecule has 1 rings (SSSR count). The maximum Gasteiger partial charge on any atom is 0.340 e.